The van der Waals surface area contributed by atoms with E-state index in [0.717, 1.165) is 5.92 Å². The van der Waals surface area contributed by atoms with E-state index in [2.05, 4.69) is 31.0 Å². The van der Waals surface area contributed by atoms with Gasteiger partial charge in [-0.05, 0) is 50.1 Å². The van der Waals surface area contributed by atoms with Crippen LogP contribution in [-0.2, 0) is 0 Å². The van der Waals surface area contributed by atoms with Crippen LogP contribution in [0.2, 0.25) is 0 Å². The number of hydrogen-bond acceptors (Lipinski definition) is 2. The predicted octanol–water partition coefficient (Wildman–Crippen LogP) is 4.06. The van der Waals surface area contributed by atoms with E-state index >= 15 is 0 Å². The summed E-state index contributed by atoms with van der Waals surface area (Å²) in [5.41, 5.74) is 0.557. The third-order valence-corrected chi connectivity index (χ3v) is 5.48. The zero-order valence-electron chi connectivity index (χ0n) is 14.1. The number of nitrogens with zero attached hydrogens (tertiary/aromatic N) is 1. The summed E-state index contributed by atoms with van der Waals surface area (Å²) in [5, 5.41) is 3.76. The normalized spacial score (nSPS) is 25.8. The third kappa shape index (κ3) is 5.04. The fourth-order valence-corrected chi connectivity index (χ4v) is 3.98. The predicted molar refractivity (Wildman–Crippen MR) is 88.1 cm³/mol. The first-order chi connectivity index (χ1) is 9.60. The average molecular weight is 280 g/mol. The van der Waals surface area contributed by atoms with E-state index in [1.54, 1.807) is 0 Å². The van der Waals surface area contributed by atoms with Crippen molar-refractivity contribution in [1.82, 2.24) is 10.2 Å². The fraction of sp³-hybridized carbons (Fsp3) is 1.00. The van der Waals surface area contributed by atoms with Gasteiger partial charge in [0.15, 0.2) is 0 Å². The maximum atomic E-state index is 3.76. The molecule has 2 fully saturated rings. The highest BCUT2D eigenvalue weighted by Crippen LogP contribution is 2.36. The highest BCUT2D eigenvalue weighted by molar-refractivity contribution is 4.88. The molecule has 118 valence electrons. The van der Waals surface area contributed by atoms with Gasteiger partial charge in [0, 0.05) is 19.1 Å². The van der Waals surface area contributed by atoms with Crippen molar-refractivity contribution in [1.29, 1.82) is 0 Å². The number of nitrogens with one attached hydrogen (secondary N) is 1. The van der Waals surface area contributed by atoms with Gasteiger partial charge < -0.3 is 10.2 Å². The molecular formula is C18H36N2. The van der Waals surface area contributed by atoms with E-state index in [0.29, 0.717) is 11.5 Å². The largest absolute Gasteiger partial charge is 0.314 e. The lowest BCUT2D eigenvalue weighted by molar-refractivity contribution is 0.0962. The first kappa shape index (κ1) is 16.3. The summed E-state index contributed by atoms with van der Waals surface area (Å²) >= 11 is 0. The van der Waals surface area contributed by atoms with E-state index in [4.69, 9.17) is 0 Å². The summed E-state index contributed by atoms with van der Waals surface area (Å²) in [7, 11) is 0. The first-order valence-electron chi connectivity index (χ1n) is 9.05. The highest BCUT2D eigenvalue weighted by atomic mass is 15.1. The lowest BCUT2D eigenvalue weighted by Crippen LogP contribution is -2.47. The maximum Gasteiger partial charge on any atom is 0.00501 e. The molecule has 1 aliphatic heterocycles. The maximum absolute atomic E-state index is 3.76. The zero-order valence-corrected chi connectivity index (χ0v) is 14.1. The fourth-order valence-electron chi connectivity index (χ4n) is 3.98. The van der Waals surface area contributed by atoms with Crippen LogP contribution in [-0.4, -0.2) is 37.1 Å². The Morgan fingerprint density at radius 2 is 1.65 bits per heavy atom. The van der Waals surface area contributed by atoms with Gasteiger partial charge in [-0.3, -0.25) is 0 Å². The van der Waals surface area contributed by atoms with Gasteiger partial charge in [0.05, 0.1) is 0 Å². The summed E-state index contributed by atoms with van der Waals surface area (Å²) in [6.07, 6.45) is 11.5. The molecular weight excluding hydrogens is 244 g/mol. The third-order valence-electron chi connectivity index (χ3n) is 5.48. The molecule has 0 aromatic heterocycles. The molecule has 0 aromatic carbocycles. The number of piperidine rings is 1. The van der Waals surface area contributed by atoms with Crippen LogP contribution in [0.3, 0.4) is 0 Å². The summed E-state index contributed by atoms with van der Waals surface area (Å²) in [5.74, 6) is 0.949. The Bertz CT molecular complexity index is 259. The molecule has 0 aromatic rings. The molecule has 0 radical (unpaired) electrons. The van der Waals surface area contributed by atoms with E-state index in [9.17, 15) is 0 Å². The molecule has 0 bridgehead atoms. The Balaban J connectivity index is 1.93. The number of likely N-dealkylation sites (tertiary alicyclic amines) is 1. The minimum absolute atomic E-state index is 0.557. The quantitative estimate of drug-likeness (QED) is 0.764. The zero-order chi connectivity index (χ0) is 14.4. The minimum Gasteiger partial charge on any atom is -0.314 e. The van der Waals surface area contributed by atoms with Crippen molar-refractivity contribution in [3.63, 3.8) is 0 Å². The minimum atomic E-state index is 0.557. The van der Waals surface area contributed by atoms with Gasteiger partial charge >= 0.3 is 0 Å². The second kappa shape index (κ2) is 7.79. The molecule has 20 heavy (non-hydrogen) atoms. The first-order valence-corrected chi connectivity index (χ1v) is 9.05. The second-order valence-electron chi connectivity index (χ2n) is 7.91. The standard InChI is InChI=1S/C18H36N2/c1-16(2)19-14-18(10-6-4-5-7-11-18)15-20-12-8-17(3)9-13-20/h16-17,19H,4-15H2,1-3H3. The summed E-state index contributed by atoms with van der Waals surface area (Å²) in [6, 6.07) is 0.622. The van der Waals surface area contributed by atoms with Crippen LogP contribution < -0.4 is 5.32 Å². The van der Waals surface area contributed by atoms with Gasteiger partial charge in [-0.1, -0.05) is 46.5 Å². The highest BCUT2D eigenvalue weighted by Gasteiger charge is 2.33. The molecule has 2 nitrogen and oxygen atoms in total. The van der Waals surface area contributed by atoms with E-state index in [1.807, 2.05) is 0 Å². The van der Waals surface area contributed by atoms with Gasteiger partial charge in [0.25, 0.3) is 0 Å². The number of hydrogen-bond donors (Lipinski definition) is 1. The van der Waals surface area contributed by atoms with Crippen molar-refractivity contribution < 1.29 is 0 Å². The lowest BCUT2D eigenvalue weighted by Gasteiger charge is -2.41. The van der Waals surface area contributed by atoms with Crippen molar-refractivity contribution in [2.24, 2.45) is 11.3 Å². The van der Waals surface area contributed by atoms with Gasteiger partial charge in [-0.25, -0.2) is 0 Å². The van der Waals surface area contributed by atoms with Crippen LogP contribution in [0.5, 0.6) is 0 Å². The topological polar surface area (TPSA) is 15.3 Å². The van der Waals surface area contributed by atoms with Crippen molar-refractivity contribution in [3.05, 3.63) is 0 Å². The summed E-state index contributed by atoms with van der Waals surface area (Å²) in [6.45, 7) is 12.2. The second-order valence-corrected chi connectivity index (χ2v) is 7.91. The Hall–Kier alpha value is -0.0800. The molecule has 0 spiro atoms. The average Bonchev–Trinajstić information content (AvgIpc) is 2.66. The molecule has 0 unspecified atom stereocenters. The van der Waals surface area contributed by atoms with Crippen molar-refractivity contribution in [2.45, 2.75) is 78.2 Å². The molecule has 1 N–H and O–H groups in total. The molecule has 1 saturated heterocycles. The smallest absolute Gasteiger partial charge is 0.00501 e. The van der Waals surface area contributed by atoms with E-state index < -0.39 is 0 Å². The van der Waals surface area contributed by atoms with Gasteiger partial charge in [0.1, 0.15) is 0 Å². The molecule has 1 heterocycles. The van der Waals surface area contributed by atoms with Crippen LogP contribution >= 0.6 is 0 Å². The lowest BCUT2D eigenvalue weighted by atomic mass is 9.79. The molecule has 1 aliphatic carbocycles. The van der Waals surface area contributed by atoms with Gasteiger partial charge in [-0.2, -0.15) is 0 Å². The number of rotatable bonds is 5. The van der Waals surface area contributed by atoms with Crippen molar-refractivity contribution in [3.8, 4) is 0 Å². The summed E-state index contributed by atoms with van der Waals surface area (Å²) in [4.78, 5) is 2.77. The molecule has 0 amide bonds. The van der Waals surface area contributed by atoms with Crippen LogP contribution in [0.1, 0.15) is 72.1 Å². The van der Waals surface area contributed by atoms with Crippen molar-refractivity contribution in [2.75, 3.05) is 26.2 Å². The van der Waals surface area contributed by atoms with Crippen LogP contribution in [0.15, 0.2) is 0 Å². The Kier molecular flexibility index (Phi) is 6.35. The molecule has 2 heteroatoms. The molecule has 2 rings (SSSR count). The molecule has 0 atom stereocenters. The Morgan fingerprint density at radius 3 is 2.20 bits per heavy atom. The Morgan fingerprint density at radius 1 is 1.05 bits per heavy atom. The van der Waals surface area contributed by atoms with Gasteiger partial charge in [-0.15, -0.1) is 0 Å². The van der Waals surface area contributed by atoms with Crippen LogP contribution in [0.4, 0.5) is 0 Å². The van der Waals surface area contributed by atoms with Gasteiger partial charge in [0.2, 0.25) is 0 Å². The Labute approximate surface area is 126 Å². The van der Waals surface area contributed by atoms with E-state index in [-0.39, 0.29) is 0 Å². The van der Waals surface area contributed by atoms with Crippen LogP contribution in [0, 0.1) is 11.3 Å². The summed E-state index contributed by atoms with van der Waals surface area (Å²) < 4.78 is 0. The monoisotopic (exact) mass is 280 g/mol. The van der Waals surface area contributed by atoms with Crippen molar-refractivity contribution >= 4 is 0 Å². The molecule has 1 saturated carbocycles. The van der Waals surface area contributed by atoms with Crippen LogP contribution in [0.25, 0.3) is 0 Å². The SMILES string of the molecule is CC1CCN(CC2(CNC(C)C)CCCCCC2)CC1. The van der Waals surface area contributed by atoms with E-state index in [1.165, 1.54) is 77.5 Å². The molecule has 2 aliphatic rings.